The number of aryl methyl sites for hydroxylation is 1. The van der Waals surface area contributed by atoms with Gasteiger partial charge in [0.1, 0.15) is 5.82 Å². The fourth-order valence-corrected chi connectivity index (χ4v) is 3.61. The van der Waals surface area contributed by atoms with Gasteiger partial charge in [0.25, 0.3) is 5.56 Å². The van der Waals surface area contributed by atoms with Crippen molar-refractivity contribution in [1.29, 1.82) is 0 Å². The maximum absolute atomic E-state index is 12.9. The molecule has 0 aliphatic carbocycles. The molecule has 4 heterocycles. The molecule has 134 valence electrons. The zero-order chi connectivity index (χ0) is 18.3. The normalized spacial score (nSPS) is 19.1. The number of nitrogens with one attached hydrogen (secondary N) is 1. The third-order valence-corrected chi connectivity index (χ3v) is 4.88. The van der Waals surface area contributed by atoms with Gasteiger partial charge in [-0.25, -0.2) is 4.98 Å². The third-order valence-electron chi connectivity index (χ3n) is 4.88. The van der Waals surface area contributed by atoms with Crippen LogP contribution in [0, 0.1) is 12.8 Å². The van der Waals surface area contributed by atoms with Gasteiger partial charge in [-0.2, -0.15) is 0 Å². The molecule has 4 rings (SSSR count). The zero-order valence-corrected chi connectivity index (χ0v) is 14.4. The number of fused-ring (bicyclic) bond motifs is 1. The van der Waals surface area contributed by atoms with E-state index in [9.17, 15) is 14.4 Å². The number of nitrogens with zero attached hydrogens (tertiary/aromatic N) is 4. The molecule has 2 aliphatic rings. The molecule has 1 saturated heterocycles. The number of hydrogen-bond donors (Lipinski definition) is 1. The highest BCUT2D eigenvalue weighted by Crippen LogP contribution is 2.26. The third kappa shape index (κ3) is 2.98. The van der Waals surface area contributed by atoms with Crippen LogP contribution in [0.25, 0.3) is 0 Å². The number of carbonyl (C=O) groups excluding carboxylic acids is 2. The molecule has 1 fully saturated rings. The first kappa shape index (κ1) is 16.4. The van der Waals surface area contributed by atoms with Crippen molar-refractivity contribution in [1.82, 2.24) is 24.8 Å². The first-order valence-corrected chi connectivity index (χ1v) is 8.55. The largest absolute Gasteiger partial charge is 0.337 e. The Hall–Kier alpha value is -3.03. The second kappa shape index (κ2) is 6.36. The zero-order valence-electron chi connectivity index (χ0n) is 14.4. The molecular formula is C18H19N5O3. The van der Waals surface area contributed by atoms with E-state index in [4.69, 9.17) is 0 Å². The number of hydrogen-bond acceptors (Lipinski definition) is 5. The SMILES string of the molecule is Cc1nc2c(c(=O)[nH]1)CN(C(=O)C1CC(=O)N(Cc3cccnc3)C1)C2. The van der Waals surface area contributed by atoms with Crippen molar-refractivity contribution in [2.24, 2.45) is 5.92 Å². The molecule has 2 aromatic heterocycles. The molecular weight excluding hydrogens is 334 g/mol. The highest BCUT2D eigenvalue weighted by atomic mass is 16.2. The Bertz CT molecular complexity index is 924. The summed E-state index contributed by atoms with van der Waals surface area (Å²) in [4.78, 5) is 51.5. The van der Waals surface area contributed by atoms with E-state index in [1.165, 1.54) is 0 Å². The quantitative estimate of drug-likeness (QED) is 0.859. The first-order valence-electron chi connectivity index (χ1n) is 8.55. The number of aromatic nitrogens is 3. The van der Waals surface area contributed by atoms with E-state index >= 15 is 0 Å². The van der Waals surface area contributed by atoms with Gasteiger partial charge in [0.15, 0.2) is 0 Å². The highest BCUT2D eigenvalue weighted by Gasteiger charge is 2.38. The molecule has 2 amide bonds. The van der Waals surface area contributed by atoms with Crippen molar-refractivity contribution in [3.8, 4) is 0 Å². The maximum Gasteiger partial charge on any atom is 0.256 e. The standard InChI is InChI=1S/C18H19N5O3/c1-11-20-15-10-23(9-14(15)17(25)21-11)18(26)13-5-16(24)22(8-13)7-12-3-2-4-19-6-12/h2-4,6,13H,5,7-10H2,1H3,(H,20,21,25). The average molecular weight is 353 g/mol. The predicted octanol–water partition coefficient (Wildman–Crippen LogP) is 0.364. The second-order valence-corrected chi connectivity index (χ2v) is 6.81. The summed E-state index contributed by atoms with van der Waals surface area (Å²) in [6.45, 7) is 3.15. The Morgan fingerprint density at radius 3 is 2.96 bits per heavy atom. The number of amides is 2. The first-order chi connectivity index (χ1) is 12.5. The topological polar surface area (TPSA) is 99.3 Å². The van der Waals surface area contributed by atoms with Crippen LogP contribution in [0.4, 0.5) is 0 Å². The molecule has 1 atom stereocenters. The van der Waals surface area contributed by atoms with Gasteiger partial charge in [0.05, 0.1) is 30.3 Å². The lowest BCUT2D eigenvalue weighted by molar-refractivity contribution is -0.136. The Labute approximate surface area is 149 Å². The molecule has 0 saturated carbocycles. The molecule has 0 bridgehead atoms. The summed E-state index contributed by atoms with van der Waals surface area (Å²) >= 11 is 0. The lowest BCUT2D eigenvalue weighted by atomic mass is 10.1. The van der Waals surface area contributed by atoms with Gasteiger partial charge in [-0.3, -0.25) is 19.4 Å². The summed E-state index contributed by atoms with van der Waals surface area (Å²) in [6, 6.07) is 3.74. The summed E-state index contributed by atoms with van der Waals surface area (Å²) in [6.07, 6.45) is 3.61. The second-order valence-electron chi connectivity index (χ2n) is 6.81. The Kier molecular flexibility index (Phi) is 4.02. The van der Waals surface area contributed by atoms with E-state index < -0.39 is 0 Å². The smallest absolute Gasteiger partial charge is 0.256 e. The number of rotatable bonds is 3. The minimum atomic E-state index is -0.381. The van der Waals surface area contributed by atoms with E-state index in [1.807, 2.05) is 12.1 Å². The van der Waals surface area contributed by atoms with Crippen LogP contribution < -0.4 is 5.56 Å². The van der Waals surface area contributed by atoms with E-state index in [2.05, 4.69) is 15.0 Å². The van der Waals surface area contributed by atoms with Crippen LogP contribution >= 0.6 is 0 Å². The fraction of sp³-hybridized carbons (Fsp3) is 0.389. The Balaban J connectivity index is 1.44. The van der Waals surface area contributed by atoms with Crippen LogP contribution in [-0.2, 0) is 29.2 Å². The molecule has 0 radical (unpaired) electrons. The van der Waals surface area contributed by atoms with Crippen molar-refractivity contribution in [2.45, 2.75) is 33.0 Å². The van der Waals surface area contributed by atoms with E-state index in [0.29, 0.717) is 36.7 Å². The monoisotopic (exact) mass is 353 g/mol. The lowest BCUT2D eigenvalue weighted by Crippen LogP contribution is -2.34. The van der Waals surface area contributed by atoms with Gasteiger partial charge in [-0.05, 0) is 18.6 Å². The number of H-pyrrole nitrogens is 1. The molecule has 2 aromatic rings. The van der Waals surface area contributed by atoms with Gasteiger partial charge in [-0.15, -0.1) is 0 Å². The summed E-state index contributed by atoms with van der Waals surface area (Å²) in [5.41, 5.74) is 1.94. The number of pyridine rings is 1. The molecule has 26 heavy (non-hydrogen) atoms. The maximum atomic E-state index is 12.9. The van der Waals surface area contributed by atoms with E-state index in [-0.39, 0.29) is 36.3 Å². The lowest BCUT2D eigenvalue weighted by Gasteiger charge is -2.20. The van der Waals surface area contributed by atoms with Crippen LogP contribution in [0.2, 0.25) is 0 Å². The number of likely N-dealkylation sites (tertiary alicyclic amines) is 1. The number of aromatic amines is 1. The molecule has 8 nitrogen and oxygen atoms in total. The molecule has 2 aliphatic heterocycles. The Morgan fingerprint density at radius 2 is 2.19 bits per heavy atom. The molecule has 8 heteroatoms. The van der Waals surface area contributed by atoms with Gasteiger partial charge in [0, 0.05) is 31.9 Å². The highest BCUT2D eigenvalue weighted by molar-refractivity contribution is 5.89. The van der Waals surface area contributed by atoms with Crippen LogP contribution in [-0.4, -0.2) is 43.1 Å². The fourth-order valence-electron chi connectivity index (χ4n) is 3.61. The van der Waals surface area contributed by atoms with Crippen LogP contribution in [0.15, 0.2) is 29.3 Å². The Morgan fingerprint density at radius 1 is 1.35 bits per heavy atom. The average Bonchev–Trinajstić information content (AvgIpc) is 3.19. The van der Waals surface area contributed by atoms with Crippen molar-refractivity contribution >= 4 is 11.8 Å². The van der Waals surface area contributed by atoms with E-state index in [0.717, 1.165) is 5.56 Å². The van der Waals surface area contributed by atoms with Crippen molar-refractivity contribution in [2.75, 3.05) is 6.54 Å². The van der Waals surface area contributed by atoms with Gasteiger partial charge in [-0.1, -0.05) is 6.07 Å². The summed E-state index contributed by atoms with van der Waals surface area (Å²) < 4.78 is 0. The van der Waals surface area contributed by atoms with Gasteiger partial charge in [0.2, 0.25) is 11.8 Å². The van der Waals surface area contributed by atoms with Crippen LogP contribution in [0.1, 0.15) is 29.1 Å². The summed E-state index contributed by atoms with van der Waals surface area (Å²) in [5.74, 6) is 0.0354. The predicted molar refractivity (Wildman–Crippen MR) is 91.6 cm³/mol. The van der Waals surface area contributed by atoms with Crippen molar-refractivity contribution in [3.05, 3.63) is 57.5 Å². The molecule has 0 spiro atoms. The van der Waals surface area contributed by atoms with Crippen LogP contribution in [0.3, 0.4) is 0 Å². The van der Waals surface area contributed by atoms with Gasteiger partial charge >= 0.3 is 0 Å². The van der Waals surface area contributed by atoms with E-state index in [1.54, 1.807) is 29.1 Å². The van der Waals surface area contributed by atoms with Crippen molar-refractivity contribution in [3.63, 3.8) is 0 Å². The van der Waals surface area contributed by atoms with Crippen molar-refractivity contribution < 1.29 is 9.59 Å². The molecule has 1 N–H and O–H groups in total. The minimum absolute atomic E-state index is 0.0317. The van der Waals surface area contributed by atoms with Crippen LogP contribution in [0.5, 0.6) is 0 Å². The number of carbonyl (C=O) groups is 2. The summed E-state index contributed by atoms with van der Waals surface area (Å²) in [5, 5.41) is 0. The van der Waals surface area contributed by atoms with Gasteiger partial charge < -0.3 is 14.8 Å². The minimum Gasteiger partial charge on any atom is -0.337 e. The summed E-state index contributed by atoms with van der Waals surface area (Å²) in [7, 11) is 0. The molecule has 0 aromatic carbocycles. The molecule has 1 unspecified atom stereocenters.